The van der Waals surface area contributed by atoms with E-state index in [2.05, 4.69) is 10.2 Å². The topological polar surface area (TPSA) is 67.6 Å². The molecule has 0 bridgehead atoms. The highest BCUT2D eigenvalue weighted by Gasteiger charge is 2.34. The maximum Gasteiger partial charge on any atom is 0.246 e. The summed E-state index contributed by atoms with van der Waals surface area (Å²) in [4.78, 5) is -0.0188. The largest absolute Gasteiger partial charge is 0.286 e. The maximum atomic E-state index is 13.0. The van der Waals surface area contributed by atoms with Crippen LogP contribution in [0.2, 0.25) is 10.0 Å². The van der Waals surface area contributed by atoms with E-state index in [1.165, 1.54) is 16.4 Å². The van der Waals surface area contributed by atoms with E-state index in [4.69, 9.17) is 23.2 Å². The van der Waals surface area contributed by atoms with Crippen molar-refractivity contribution in [1.82, 2.24) is 18.9 Å². The Kier molecular flexibility index (Phi) is 4.64. The van der Waals surface area contributed by atoms with E-state index in [1.807, 2.05) is 28.8 Å². The molecule has 0 aliphatic carbocycles. The summed E-state index contributed by atoms with van der Waals surface area (Å²) < 4.78 is 29.3. The molecule has 1 saturated heterocycles. The van der Waals surface area contributed by atoms with Gasteiger partial charge in [0.05, 0.1) is 10.0 Å². The number of aromatic nitrogens is 3. The molecule has 0 radical (unpaired) electrons. The van der Waals surface area contributed by atoms with Crippen LogP contribution in [0, 0.1) is 0 Å². The molecule has 0 atom stereocenters. The normalized spacial score (nSPS) is 17.0. The molecule has 26 heavy (non-hydrogen) atoms. The van der Waals surface area contributed by atoms with E-state index in [0.29, 0.717) is 25.9 Å². The van der Waals surface area contributed by atoms with Gasteiger partial charge in [-0.1, -0.05) is 35.3 Å². The second kappa shape index (κ2) is 6.81. The standard InChI is InChI=1S/C17H16Cl2N4O2S/c18-13-4-3-5-14(19)16(13)26(24,25)22-10-7-12(8-11-22)17-21-20-15-6-1-2-9-23(15)17/h1-6,9,12H,7-8,10-11H2. The van der Waals surface area contributed by atoms with Crippen molar-refractivity contribution in [2.45, 2.75) is 23.7 Å². The van der Waals surface area contributed by atoms with Crippen LogP contribution in [0.5, 0.6) is 0 Å². The minimum atomic E-state index is -3.73. The number of piperidine rings is 1. The van der Waals surface area contributed by atoms with Crippen LogP contribution in [-0.2, 0) is 10.0 Å². The van der Waals surface area contributed by atoms with Crippen LogP contribution in [0.25, 0.3) is 5.65 Å². The first kappa shape index (κ1) is 17.7. The smallest absolute Gasteiger partial charge is 0.246 e. The maximum absolute atomic E-state index is 13.0. The lowest BCUT2D eigenvalue weighted by molar-refractivity contribution is 0.312. The number of nitrogens with zero attached hydrogens (tertiary/aromatic N) is 4. The summed E-state index contributed by atoms with van der Waals surface area (Å²) in [5.74, 6) is 1.02. The number of benzene rings is 1. The SMILES string of the molecule is O=S(=O)(c1c(Cl)cccc1Cl)N1CCC(c2nnc3ccccn23)CC1. The Balaban J connectivity index is 1.57. The monoisotopic (exact) mass is 410 g/mol. The van der Waals surface area contributed by atoms with E-state index in [-0.39, 0.29) is 20.9 Å². The van der Waals surface area contributed by atoms with Crippen molar-refractivity contribution in [2.24, 2.45) is 0 Å². The summed E-state index contributed by atoms with van der Waals surface area (Å²) in [5.41, 5.74) is 0.792. The number of rotatable bonds is 3. The molecule has 1 aromatic carbocycles. The molecular weight excluding hydrogens is 395 g/mol. The van der Waals surface area contributed by atoms with Gasteiger partial charge in [0, 0.05) is 25.2 Å². The van der Waals surface area contributed by atoms with Gasteiger partial charge in [-0.05, 0) is 37.1 Å². The lowest BCUT2D eigenvalue weighted by atomic mass is 9.97. The van der Waals surface area contributed by atoms with Crippen molar-refractivity contribution in [3.05, 3.63) is 58.5 Å². The molecule has 0 spiro atoms. The quantitative estimate of drug-likeness (QED) is 0.661. The molecule has 1 fully saturated rings. The molecule has 0 amide bonds. The van der Waals surface area contributed by atoms with Gasteiger partial charge in [0.2, 0.25) is 10.0 Å². The molecule has 2 aromatic heterocycles. The van der Waals surface area contributed by atoms with Crippen LogP contribution in [0.3, 0.4) is 0 Å². The van der Waals surface area contributed by atoms with Crippen molar-refractivity contribution < 1.29 is 8.42 Å². The van der Waals surface area contributed by atoms with Crippen molar-refractivity contribution in [1.29, 1.82) is 0 Å². The van der Waals surface area contributed by atoms with Crippen molar-refractivity contribution in [3.8, 4) is 0 Å². The van der Waals surface area contributed by atoms with E-state index >= 15 is 0 Å². The fourth-order valence-electron chi connectivity index (χ4n) is 3.35. The van der Waals surface area contributed by atoms with E-state index in [1.54, 1.807) is 6.07 Å². The first-order valence-electron chi connectivity index (χ1n) is 8.22. The average molecular weight is 411 g/mol. The van der Waals surface area contributed by atoms with Crippen LogP contribution in [0.1, 0.15) is 24.6 Å². The van der Waals surface area contributed by atoms with Gasteiger partial charge in [-0.2, -0.15) is 4.31 Å². The number of sulfonamides is 1. The van der Waals surface area contributed by atoms with Gasteiger partial charge in [-0.3, -0.25) is 4.40 Å². The highest BCUT2D eigenvalue weighted by atomic mass is 35.5. The molecule has 1 aliphatic heterocycles. The summed E-state index contributed by atoms with van der Waals surface area (Å²) in [5, 5.41) is 8.76. The zero-order valence-electron chi connectivity index (χ0n) is 13.7. The highest BCUT2D eigenvalue weighted by molar-refractivity contribution is 7.89. The van der Waals surface area contributed by atoms with Gasteiger partial charge in [0.1, 0.15) is 10.7 Å². The van der Waals surface area contributed by atoms with Gasteiger partial charge >= 0.3 is 0 Å². The second-order valence-corrected chi connectivity index (χ2v) is 8.91. The molecular formula is C17H16Cl2N4O2S. The predicted molar refractivity (Wildman–Crippen MR) is 100 cm³/mol. The second-order valence-electron chi connectivity index (χ2n) is 6.22. The summed E-state index contributed by atoms with van der Waals surface area (Å²) in [6, 6.07) is 10.4. The molecule has 1 aliphatic rings. The van der Waals surface area contributed by atoms with Gasteiger partial charge in [0.15, 0.2) is 5.65 Å². The van der Waals surface area contributed by atoms with Crippen LogP contribution < -0.4 is 0 Å². The fourth-order valence-corrected chi connectivity index (χ4v) is 5.91. The Labute approximate surface area is 161 Å². The van der Waals surface area contributed by atoms with Crippen molar-refractivity contribution >= 4 is 38.9 Å². The minimum absolute atomic E-state index is 0.0188. The van der Waals surface area contributed by atoms with Gasteiger partial charge in [-0.15, -0.1) is 10.2 Å². The summed E-state index contributed by atoms with van der Waals surface area (Å²) in [6.07, 6.45) is 3.26. The number of halogens is 2. The number of pyridine rings is 1. The molecule has 0 N–H and O–H groups in total. The number of hydrogen-bond donors (Lipinski definition) is 0. The molecule has 6 nitrogen and oxygen atoms in total. The van der Waals surface area contributed by atoms with Gasteiger partial charge < -0.3 is 0 Å². The van der Waals surface area contributed by atoms with Crippen LogP contribution in [0.15, 0.2) is 47.5 Å². The molecule has 3 aromatic rings. The highest BCUT2D eigenvalue weighted by Crippen LogP contribution is 2.35. The molecule has 9 heteroatoms. The molecule has 0 unspecified atom stereocenters. The molecule has 0 saturated carbocycles. The minimum Gasteiger partial charge on any atom is -0.286 e. The predicted octanol–water partition coefficient (Wildman–Crippen LogP) is 3.60. The van der Waals surface area contributed by atoms with Gasteiger partial charge in [0.25, 0.3) is 0 Å². The van der Waals surface area contributed by atoms with Crippen LogP contribution >= 0.6 is 23.2 Å². The first-order chi connectivity index (χ1) is 12.5. The van der Waals surface area contributed by atoms with E-state index < -0.39 is 10.0 Å². The Morgan fingerprint density at radius 1 is 0.962 bits per heavy atom. The molecule has 136 valence electrons. The van der Waals surface area contributed by atoms with E-state index in [0.717, 1.165) is 11.5 Å². The van der Waals surface area contributed by atoms with E-state index in [9.17, 15) is 8.42 Å². The third kappa shape index (κ3) is 2.99. The lowest BCUT2D eigenvalue weighted by Gasteiger charge is -2.30. The zero-order valence-corrected chi connectivity index (χ0v) is 16.0. The number of fused-ring (bicyclic) bond motifs is 1. The summed E-state index contributed by atoms with van der Waals surface area (Å²) >= 11 is 12.2. The molecule has 4 rings (SSSR count). The van der Waals surface area contributed by atoms with Gasteiger partial charge in [-0.25, -0.2) is 8.42 Å². The fraction of sp³-hybridized carbons (Fsp3) is 0.294. The van der Waals surface area contributed by atoms with Crippen LogP contribution in [0.4, 0.5) is 0 Å². The average Bonchev–Trinajstić information content (AvgIpc) is 3.05. The van der Waals surface area contributed by atoms with Crippen molar-refractivity contribution in [3.63, 3.8) is 0 Å². The zero-order chi connectivity index (χ0) is 18.3. The third-order valence-electron chi connectivity index (χ3n) is 4.68. The summed E-state index contributed by atoms with van der Waals surface area (Å²) in [7, 11) is -3.73. The number of hydrogen-bond acceptors (Lipinski definition) is 4. The third-order valence-corrected chi connectivity index (χ3v) is 7.53. The Bertz CT molecular complexity index is 1040. The summed E-state index contributed by atoms with van der Waals surface area (Å²) in [6.45, 7) is 0.770. The van der Waals surface area contributed by atoms with Crippen LogP contribution in [-0.4, -0.2) is 40.4 Å². The first-order valence-corrected chi connectivity index (χ1v) is 10.4. The Hall–Kier alpha value is -1.67. The molecule has 3 heterocycles. The lowest BCUT2D eigenvalue weighted by Crippen LogP contribution is -2.38. The Morgan fingerprint density at radius 3 is 2.35 bits per heavy atom. The van der Waals surface area contributed by atoms with Crippen molar-refractivity contribution in [2.75, 3.05) is 13.1 Å². The Morgan fingerprint density at radius 2 is 1.65 bits per heavy atom.